The van der Waals surface area contributed by atoms with Gasteiger partial charge in [0.15, 0.2) is 0 Å². The molecule has 0 radical (unpaired) electrons. The summed E-state index contributed by atoms with van der Waals surface area (Å²) < 4.78 is 0. The van der Waals surface area contributed by atoms with E-state index >= 15 is 0 Å². The molecule has 0 spiro atoms. The summed E-state index contributed by atoms with van der Waals surface area (Å²) in [5.74, 6) is 2.11. The predicted octanol–water partition coefficient (Wildman–Crippen LogP) is 2.44. The maximum atomic E-state index is 9.48. The molecule has 3 unspecified atom stereocenters. The second kappa shape index (κ2) is 3.57. The summed E-state index contributed by atoms with van der Waals surface area (Å²) >= 11 is 0. The third kappa shape index (κ3) is 2.19. The third-order valence-electron chi connectivity index (χ3n) is 2.96. The highest BCUT2D eigenvalue weighted by atomic mass is 16.3. The van der Waals surface area contributed by atoms with Gasteiger partial charge in [-0.15, -0.1) is 0 Å². The van der Waals surface area contributed by atoms with Gasteiger partial charge in [0.05, 0.1) is 6.10 Å². The van der Waals surface area contributed by atoms with Crippen LogP contribution < -0.4 is 0 Å². The molecule has 0 aromatic carbocycles. The topological polar surface area (TPSA) is 20.2 Å². The molecule has 0 aromatic heterocycles. The first-order chi connectivity index (χ1) is 5.11. The molecule has 1 N–H and O–H groups in total. The Labute approximate surface area is 69.8 Å². The van der Waals surface area contributed by atoms with Crippen molar-refractivity contribution in [1.29, 1.82) is 0 Å². The maximum Gasteiger partial charge on any atom is 0.0568 e. The van der Waals surface area contributed by atoms with E-state index in [9.17, 15) is 5.11 Å². The van der Waals surface area contributed by atoms with Crippen molar-refractivity contribution in [3.63, 3.8) is 0 Å². The monoisotopic (exact) mass is 156 g/mol. The Bertz CT molecular complexity index is 120. The molecular formula is C10H20O. The minimum absolute atomic E-state index is 0.0150. The molecule has 1 saturated carbocycles. The molecule has 66 valence electrons. The minimum atomic E-state index is -0.0150. The van der Waals surface area contributed by atoms with Crippen LogP contribution in [-0.4, -0.2) is 11.2 Å². The summed E-state index contributed by atoms with van der Waals surface area (Å²) in [7, 11) is 0. The average Bonchev–Trinajstić information content (AvgIpc) is 2.18. The van der Waals surface area contributed by atoms with E-state index in [1.54, 1.807) is 0 Å². The SMILES string of the molecule is CC(C)CC1CCC(O)C1C. The van der Waals surface area contributed by atoms with Gasteiger partial charge in [-0.1, -0.05) is 20.8 Å². The van der Waals surface area contributed by atoms with E-state index in [0.29, 0.717) is 5.92 Å². The van der Waals surface area contributed by atoms with Gasteiger partial charge in [0, 0.05) is 0 Å². The molecule has 0 aliphatic heterocycles. The van der Waals surface area contributed by atoms with Gasteiger partial charge in [0.2, 0.25) is 0 Å². The Hall–Kier alpha value is -0.0400. The number of hydrogen-bond donors (Lipinski definition) is 1. The highest BCUT2D eigenvalue weighted by molar-refractivity contribution is 4.81. The molecule has 11 heavy (non-hydrogen) atoms. The third-order valence-corrected chi connectivity index (χ3v) is 2.96. The smallest absolute Gasteiger partial charge is 0.0568 e. The summed E-state index contributed by atoms with van der Waals surface area (Å²) in [6, 6.07) is 0. The molecule has 1 nitrogen and oxygen atoms in total. The Morgan fingerprint density at radius 2 is 2.00 bits per heavy atom. The Morgan fingerprint density at radius 3 is 2.36 bits per heavy atom. The fourth-order valence-electron chi connectivity index (χ4n) is 2.16. The van der Waals surface area contributed by atoms with Gasteiger partial charge in [-0.2, -0.15) is 0 Å². The van der Waals surface area contributed by atoms with Crippen LogP contribution in [0.25, 0.3) is 0 Å². The standard InChI is InChI=1S/C10H20O/c1-7(2)6-9-4-5-10(11)8(9)3/h7-11H,4-6H2,1-3H3. The lowest BCUT2D eigenvalue weighted by molar-refractivity contribution is 0.123. The Kier molecular flexibility index (Phi) is 2.94. The lowest BCUT2D eigenvalue weighted by Gasteiger charge is -2.18. The quantitative estimate of drug-likeness (QED) is 0.651. The first-order valence-corrected chi connectivity index (χ1v) is 4.79. The highest BCUT2D eigenvalue weighted by Gasteiger charge is 2.31. The molecule has 0 saturated heterocycles. The van der Waals surface area contributed by atoms with Crippen molar-refractivity contribution in [1.82, 2.24) is 0 Å². The number of hydrogen-bond acceptors (Lipinski definition) is 1. The number of aliphatic hydroxyl groups excluding tert-OH is 1. The van der Waals surface area contributed by atoms with E-state index in [1.165, 1.54) is 12.8 Å². The lowest BCUT2D eigenvalue weighted by Crippen LogP contribution is -2.16. The van der Waals surface area contributed by atoms with Crippen molar-refractivity contribution in [2.45, 2.75) is 46.1 Å². The summed E-state index contributed by atoms with van der Waals surface area (Å²) in [6.07, 6.45) is 3.54. The van der Waals surface area contributed by atoms with Crippen LogP contribution in [0.3, 0.4) is 0 Å². The molecular weight excluding hydrogens is 136 g/mol. The molecule has 1 fully saturated rings. The normalized spacial score (nSPS) is 38.5. The summed E-state index contributed by atoms with van der Waals surface area (Å²) in [5.41, 5.74) is 0. The Balaban J connectivity index is 2.36. The van der Waals surface area contributed by atoms with Gasteiger partial charge in [0.1, 0.15) is 0 Å². The maximum absolute atomic E-state index is 9.48. The molecule has 1 aliphatic rings. The number of aliphatic hydroxyl groups is 1. The first-order valence-electron chi connectivity index (χ1n) is 4.79. The van der Waals surface area contributed by atoms with Crippen molar-refractivity contribution >= 4 is 0 Å². The summed E-state index contributed by atoms with van der Waals surface area (Å²) in [4.78, 5) is 0. The van der Waals surface area contributed by atoms with Crippen molar-refractivity contribution in [3.05, 3.63) is 0 Å². The van der Waals surface area contributed by atoms with Gasteiger partial charge < -0.3 is 5.11 Å². The molecule has 1 heteroatoms. The zero-order chi connectivity index (χ0) is 8.43. The van der Waals surface area contributed by atoms with Crippen LogP contribution in [0.1, 0.15) is 40.0 Å². The van der Waals surface area contributed by atoms with Crippen LogP contribution in [0.5, 0.6) is 0 Å². The van der Waals surface area contributed by atoms with Gasteiger partial charge in [-0.05, 0) is 37.0 Å². The van der Waals surface area contributed by atoms with E-state index < -0.39 is 0 Å². The van der Waals surface area contributed by atoms with Crippen LogP contribution in [-0.2, 0) is 0 Å². The highest BCUT2D eigenvalue weighted by Crippen LogP contribution is 2.35. The molecule has 0 bridgehead atoms. The van der Waals surface area contributed by atoms with Gasteiger partial charge in [-0.3, -0.25) is 0 Å². The lowest BCUT2D eigenvalue weighted by atomic mass is 9.89. The molecule has 0 heterocycles. The van der Waals surface area contributed by atoms with E-state index in [0.717, 1.165) is 18.3 Å². The second-order valence-corrected chi connectivity index (χ2v) is 4.39. The van der Waals surface area contributed by atoms with Crippen LogP contribution in [0.15, 0.2) is 0 Å². The van der Waals surface area contributed by atoms with E-state index in [-0.39, 0.29) is 6.10 Å². The zero-order valence-electron chi connectivity index (χ0n) is 7.88. The molecule has 0 amide bonds. The first kappa shape index (κ1) is 9.05. The molecule has 1 aliphatic carbocycles. The largest absolute Gasteiger partial charge is 0.393 e. The van der Waals surface area contributed by atoms with Crippen LogP contribution >= 0.6 is 0 Å². The fourth-order valence-corrected chi connectivity index (χ4v) is 2.16. The Morgan fingerprint density at radius 1 is 1.36 bits per heavy atom. The van der Waals surface area contributed by atoms with Gasteiger partial charge in [-0.25, -0.2) is 0 Å². The fraction of sp³-hybridized carbons (Fsp3) is 1.00. The average molecular weight is 156 g/mol. The van der Waals surface area contributed by atoms with Gasteiger partial charge >= 0.3 is 0 Å². The minimum Gasteiger partial charge on any atom is -0.393 e. The van der Waals surface area contributed by atoms with Crippen LogP contribution in [0.2, 0.25) is 0 Å². The van der Waals surface area contributed by atoms with Crippen molar-refractivity contribution in [2.24, 2.45) is 17.8 Å². The molecule has 1 rings (SSSR count). The molecule has 3 atom stereocenters. The predicted molar refractivity (Wildman–Crippen MR) is 47.3 cm³/mol. The van der Waals surface area contributed by atoms with Crippen molar-refractivity contribution in [3.8, 4) is 0 Å². The second-order valence-electron chi connectivity index (χ2n) is 4.39. The number of rotatable bonds is 2. The van der Waals surface area contributed by atoms with Crippen molar-refractivity contribution < 1.29 is 5.11 Å². The van der Waals surface area contributed by atoms with Crippen molar-refractivity contribution in [2.75, 3.05) is 0 Å². The summed E-state index contributed by atoms with van der Waals surface area (Å²) in [5, 5.41) is 9.48. The van der Waals surface area contributed by atoms with E-state index in [2.05, 4.69) is 20.8 Å². The van der Waals surface area contributed by atoms with Crippen LogP contribution in [0.4, 0.5) is 0 Å². The molecule has 0 aromatic rings. The van der Waals surface area contributed by atoms with Crippen LogP contribution in [0, 0.1) is 17.8 Å². The summed E-state index contributed by atoms with van der Waals surface area (Å²) in [6.45, 7) is 6.71. The van der Waals surface area contributed by atoms with Gasteiger partial charge in [0.25, 0.3) is 0 Å². The zero-order valence-corrected chi connectivity index (χ0v) is 7.88. The van der Waals surface area contributed by atoms with E-state index in [4.69, 9.17) is 0 Å². The van der Waals surface area contributed by atoms with E-state index in [1.807, 2.05) is 0 Å².